The highest BCUT2D eigenvalue weighted by Gasteiger charge is 2.26. The van der Waals surface area contributed by atoms with E-state index in [-0.39, 0.29) is 24.1 Å². The molecule has 0 unspecified atom stereocenters. The quantitative estimate of drug-likeness (QED) is 0.306. The smallest absolute Gasteiger partial charge is 0.243 e. The van der Waals surface area contributed by atoms with Crippen LogP contribution in [0.15, 0.2) is 77.7 Å². The number of hydrogen-bond acceptors (Lipinski definition) is 7. The molecule has 0 saturated carbocycles. The summed E-state index contributed by atoms with van der Waals surface area (Å²) in [6.07, 6.45) is 1.98. The lowest BCUT2D eigenvalue weighted by Crippen LogP contribution is -2.39. The highest BCUT2D eigenvalue weighted by atomic mass is 32.2. The van der Waals surface area contributed by atoms with Gasteiger partial charge in [0.2, 0.25) is 10.0 Å². The van der Waals surface area contributed by atoms with Crippen LogP contribution in [0.1, 0.15) is 24.0 Å². The molecule has 8 nitrogen and oxygen atoms in total. The minimum absolute atomic E-state index is 0.118. The van der Waals surface area contributed by atoms with E-state index in [2.05, 4.69) is 4.90 Å². The first-order valence-electron chi connectivity index (χ1n) is 13.2. The van der Waals surface area contributed by atoms with Crippen LogP contribution in [0.25, 0.3) is 0 Å². The van der Waals surface area contributed by atoms with Gasteiger partial charge in [-0.3, -0.25) is 0 Å². The van der Waals surface area contributed by atoms with Crippen molar-refractivity contribution in [2.45, 2.75) is 36.9 Å². The van der Waals surface area contributed by atoms with Crippen LogP contribution in [0.2, 0.25) is 0 Å². The Morgan fingerprint density at radius 3 is 1.69 bits per heavy atom. The molecule has 1 saturated heterocycles. The summed E-state index contributed by atoms with van der Waals surface area (Å²) >= 11 is 0. The second-order valence-electron chi connectivity index (χ2n) is 9.59. The average molecular weight is 555 g/mol. The number of nitrogens with zero attached hydrogens (tertiary/aromatic N) is 2. The van der Waals surface area contributed by atoms with Crippen molar-refractivity contribution in [3.63, 3.8) is 0 Å². The van der Waals surface area contributed by atoms with Crippen LogP contribution in [-0.4, -0.2) is 71.3 Å². The van der Waals surface area contributed by atoms with Gasteiger partial charge in [-0.05, 0) is 72.5 Å². The van der Waals surface area contributed by atoms with E-state index in [9.17, 15) is 8.42 Å². The number of piperidine rings is 1. The number of ether oxygens (including phenoxy) is 4. The van der Waals surface area contributed by atoms with Crippen molar-refractivity contribution in [1.29, 1.82) is 0 Å². The summed E-state index contributed by atoms with van der Waals surface area (Å²) in [5.74, 6) is 2.13. The second-order valence-corrected chi connectivity index (χ2v) is 11.5. The van der Waals surface area contributed by atoms with E-state index in [1.807, 2.05) is 48.5 Å². The maximum Gasteiger partial charge on any atom is 0.243 e. The van der Waals surface area contributed by atoms with E-state index < -0.39 is 10.0 Å². The normalized spacial score (nSPS) is 14.9. The van der Waals surface area contributed by atoms with Gasteiger partial charge in [-0.2, -0.15) is 4.31 Å². The molecule has 0 bridgehead atoms. The molecule has 1 aliphatic heterocycles. The van der Waals surface area contributed by atoms with Crippen molar-refractivity contribution in [3.8, 4) is 17.2 Å². The fourth-order valence-corrected chi connectivity index (χ4v) is 6.01. The lowest BCUT2D eigenvalue weighted by molar-refractivity contribution is 0.0797. The van der Waals surface area contributed by atoms with Crippen LogP contribution >= 0.6 is 0 Å². The van der Waals surface area contributed by atoms with Crippen molar-refractivity contribution in [1.82, 2.24) is 9.21 Å². The van der Waals surface area contributed by atoms with Crippen molar-refractivity contribution in [2.24, 2.45) is 0 Å². The lowest BCUT2D eigenvalue weighted by atomic mass is 10.1. The largest absolute Gasteiger partial charge is 0.497 e. The Morgan fingerprint density at radius 1 is 0.744 bits per heavy atom. The molecule has 0 amide bonds. The Labute approximate surface area is 232 Å². The summed E-state index contributed by atoms with van der Waals surface area (Å²) in [4.78, 5) is 2.60. The summed E-state index contributed by atoms with van der Waals surface area (Å²) in [7, 11) is 1.13. The molecular formula is C30H38N2O6S. The third-order valence-electron chi connectivity index (χ3n) is 6.95. The van der Waals surface area contributed by atoms with Crippen LogP contribution < -0.4 is 14.2 Å². The minimum atomic E-state index is -3.80. The van der Waals surface area contributed by atoms with Gasteiger partial charge in [0, 0.05) is 39.8 Å². The monoisotopic (exact) mass is 554 g/mol. The number of sulfonamides is 1. The van der Waals surface area contributed by atoms with E-state index in [4.69, 9.17) is 18.9 Å². The molecule has 4 rings (SSSR count). The number of rotatable bonds is 13. The van der Waals surface area contributed by atoms with Crippen LogP contribution in [0.5, 0.6) is 17.2 Å². The number of methoxy groups -OCH3 is 3. The molecule has 0 aromatic heterocycles. The third-order valence-corrected chi connectivity index (χ3v) is 8.75. The van der Waals surface area contributed by atoms with Gasteiger partial charge in [0.25, 0.3) is 0 Å². The molecule has 0 N–H and O–H groups in total. The van der Waals surface area contributed by atoms with Crippen molar-refractivity contribution in [2.75, 3.05) is 47.6 Å². The molecule has 9 heteroatoms. The van der Waals surface area contributed by atoms with Crippen LogP contribution in [0.4, 0.5) is 0 Å². The average Bonchev–Trinajstić information content (AvgIpc) is 2.97. The molecule has 3 aromatic carbocycles. The predicted molar refractivity (Wildman–Crippen MR) is 151 cm³/mol. The molecule has 0 atom stereocenters. The Morgan fingerprint density at radius 2 is 1.23 bits per heavy atom. The molecule has 0 aliphatic carbocycles. The zero-order valence-corrected chi connectivity index (χ0v) is 23.7. The van der Waals surface area contributed by atoms with Crippen LogP contribution in [0, 0.1) is 0 Å². The van der Waals surface area contributed by atoms with Gasteiger partial charge in [-0.25, -0.2) is 8.42 Å². The first-order chi connectivity index (χ1) is 18.9. The summed E-state index contributed by atoms with van der Waals surface area (Å²) in [5, 5.41) is 0. The zero-order chi connectivity index (χ0) is 27.7. The first kappa shape index (κ1) is 28.9. The fraction of sp³-hybridized carbons (Fsp3) is 0.400. The Bertz CT molecular complexity index is 1210. The highest BCUT2D eigenvalue weighted by Crippen LogP contribution is 2.26. The van der Waals surface area contributed by atoms with Gasteiger partial charge >= 0.3 is 0 Å². The topological polar surface area (TPSA) is 77.5 Å². The van der Waals surface area contributed by atoms with Gasteiger partial charge in [0.05, 0.1) is 25.7 Å². The van der Waals surface area contributed by atoms with E-state index in [1.54, 1.807) is 45.6 Å². The van der Waals surface area contributed by atoms with E-state index in [1.165, 1.54) is 4.31 Å². The lowest BCUT2D eigenvalue weighted by Gasteiger charge is -2.32. The molecule has 1 fully saturated rings. The van der Waals surface area contributed by atoms with Gasteiger partial charge in [0.1, 0.15) is 23.4 Å². The Hall–Kier alpha value is -3.11. The highest BCUT2D eigenvalue weighted by molar-refractivity contribution is 7.89. The number of benzene rings is 3. The summed E-state index contributed by atoms with van der Waals surface area (Å²) in [6.45, 7) is 4.03. The van der Waals surface area contributed by atoms with Gasteiger partial charge in [-0.15, -0.1) is 0 Å². The summed E-state index contributed by atoms with van der Waals surface area (Å²) < 4.78 is 51.0. The minimum Gasteiger partial charge on any atom is -0.497 e. The first-order valence-corrected chi connectivity index (χ1v) is 14.6. The standard InChI is InChI=1S/C30H38N2O6S/c1-35-21-20-31-18-16-29(17-19-31)38-28-12-14-30(15-13-28)39(33,34)32(22-24-4-8-26(36-2)9-5-24)23-25-6-10-27(37-3)11-7-25/h4-15,29H,16-23H2,1-3H3. The maximum absolute atomic E-state index is 13.8. The predicted octanol–water partition coefficient (Wildman–Crippen LogP) is 4.58. The Kier molecular flexibility index (Phi) is 10.2. The Balaban J connectivity index is 1.47. The van der Waals surface area contributed by atoms with E-state index in [0.29, 0.717) is 5.75 Å². The molecule has 1 heterocycles. The van der Waals surface area contributed by atoms with Crippen LogP contribution in [0.3, 0.4) is 0 Å². The summed E-state index contributed by atoms with van der Waals surface area (Å²) in [5.41, 5.74) is 1.73. The van der Waals surface area contributed by atoms with E-state index >= 15 is 0 Å². The van der Waals surface area contributed by atoms with Crippen molar-refractivity contribution >= 4 is 10.0 Å². The third kappa shape index (κ3) is 7.95. The maximum atomic E-state index is 13.8. The molecule has 1 aliphatic rings. The van der Waals surface area contributed by atoms with Crippen LogP contribution in [-0.2, 0) is 27.8 Å². The molecule has 210 valence electrons. The fourth-order valence-electron chi connectivity index (χ4n) is 4.60. The number of likely N-dealkylation sites (tertiary alicyclic amines) is 1. The van der Waals surface area contributed by atoms with Gasteiger partial charge in [-0.1, -0.05) is 24.3 Å². The van der Waals surface area contributed by atoms with Crippen molar-refractivity contribution in [3.05, 3.63) is 83.9 Å². The molecular weight excluding hydrogens is 516 g/mol. The summed E-state index contributed by atoms with van der Waals surface area (Å²) in [6, 6.07) is 21.6. The van der Waals surface area contributed by atoms with Gasteiger partial charge < -0.3 is 23.8 Å². The zero-order valence-electron chi connectivity index (χ0n) is 22.9. The molecule has 39 heavy (non-hydrogen) atoms. The SMILES string of the molecule is COCCN1CCC(Oc2ccc(S(=O)(=O)N(Cc3ccc(OC)cc3)Cc3ccc(OC)cc3)cc2)CC1. The molecule has 0 radical (unpaired) electrons. The number of hydrogen-bond donors (Lipinski definition) is 0. The second kappa shape index (κ2) is 13.8. The van der Waals surface area contributed by atoms with E-state index in [0.717, 1.165) is 61.7 Å². The molecule has 0 spiro atoms. The molecule has 3 aromatic rings. The van der Waals surface area contributed by atoms with Crippen molar-refractivity contribution < 1.29 is 27.4 Å². The van der Waals surface area contributed by atoms with Gasteiger partial charge in [0.15, 0.2) is 0 Å².